The lowest BCUT2D eigenvalue weighted by Crippen LogP contribution is -2.04. The first-order valence-corrected chi connectivity index (χ1v) is 9.83. The van der Waals surface area contributed by atoms with Gasteiger partial charge in [0.2, 0.25) is 0 Å². The number of aromatic nitrogens is 1. The van der Waals surface area contributed by atoms with E-state index in [0.29, 0.717) is 11.6 Å². The van der Waals surface area contributed by atoms with E-state index < -0.39 is 0 Å². The van der Waals surface area contributed by atoms with E-state index in [1.807, 2.05) is 72.3 Å². The molecule has 3 aromatic carbocycles. The van der Waals surface area contributed by atoms with Crippen LogP contribution >= 0.6 is 11.6 Å². The molecule has 1 N–H and O–H groups in total. The Morgan fingerprint density at radius 2 is 1.76 bits per heavy atom. The highest BCUT2D eigenvalue weighted by Gasteiger charge is 2.13. The lowest BCUT2D eigenvalue weighted by Gasteiger charge is -2.13. The summed E-state index contributed by atoms with van der Waals surface area (Å²) in [6.45, 7) is 2.51. The van der Waals surface area contributed by atoms with Crippen molar-refractivity contribution in [2.75, 3.05) is 5.32 Å². The summed E-state index contributed by atoms with van der Waals surface area (Å²) in [6.07, 6.45) is 3.00. The fourth-order valence-corrected chi connectivity index (χ4v) is 3.47. The summed E-state index contributed by atoms with van der Waals surface area (Å²) < 4.78 is 8.04. The fourth-order valence-electron chi connectivity index (χ4n) is 3.34. The summed E-state index contributed by atoms with van der Waals surface area (Å²) >= 11 is 5.95. The SMILES string of the molecule is CC(C=O)n1cc(CNc2ccccc2Oc2ccc(Cl)cc2)c2ccccc21. The Labute approximate surface area is 174 Å². The van der Waals surface area contributed by atoms with Crippen molar-refractivity contribution in [3.63, 3.8) is 0 Å². The molecule has 5 heteroatoms. The molecule has 1 heterocycles. The van der Waals surface area contributed by atoms with Gasteiger partial charge < -0.3 is 19.4 Å². The summed E-state index contributed by atoms with van der Waals surface area (Å²) in [5, 5.41) is 5.27. The lowest BCUT2D eigenvalue weighted by molar-refractivity contribution is -0.110. The Balaban J connectivity index is 1.58. The molecule has 0 spiro atoms. The van der Waals surface area contributed by atoms with Crippen LogP contribution in [0.5, 0.6) is 11.5 Å². The average Bonchev–Trinajstić information content (AvgIpc) is 3.13. The molecule has 1 atom stereocenters. The van der Waals surface area contributed by atoms with E-state index in [9.17, 15) is 4.79 Å². The number of carbonyl (C=O) groups is 1. The molecular formula is C24H21ClN2O2. The number of ether oxygens (including phenoxy) is 1. The molecule has 0 radical (unpaired) electrons. The zero-order chi connectivity index (χ0) is 20.2. The van der Waals surface area contributed by atoms with Gasteiger partial charge in [0, 0.05) is 28.7 Å². The van der Waals surface area contributed by atoms with Crippen molar-refractivity contribution in [1.29, 1.82) is 0 Å². The van der Waals surface area contributed by atoms with Crippen molar-refractivity contribution in [2.24, 2.45) is 0 Å². The molecule has 4 aromatic rings. The summed E-state index contributed by atoms with van der Waals surface area (Å²) in [5.74, 6) is 1.46. The smallest absolute Gasteiger partial charge is 0.150 e. The van der Waals surface area contributed by atoms with Crippen molar-refractivity contribution in [3.8, 4) is 11.5 Å². The third-order valence-corrected chi connectivity index (χ3v) is 5.11. The molecule has 0 aliphatic heterocycles. The molecule has 1 aromatic heterocycles. The van der Waals surface area contributed by atoms with Gasteiger partial charge in [0.05, 0.1) is 11.7 Å². The number of fused-ring (bicyclic) bond motifs is 1. The van der Waals surface area contributed by atoms with Crippen LogP contribution in [0, 0.1) is 0 Å². The highest BCUT2D eigenvalue weighted by molar-refractivity contribution is 6.30. The number of rotatable bonds is 7. The minimum Gasteiger partial charge on any atom is -0.455 e. The Morgan fingerprint density at radius 3 is 2.55 bits per heavy atom. The molecule has 0 saturated heterocycles. The second kappa shape index (κ2) is 8.41. The van der Waals surface area contributed by atoms with Gasteiger partial charge >= 0.3 is 0 Å². The maximum absolute atomic E-state index is 11.3. The van der Waals surface area contributed by atoms with Gasteiger partial charge in [0.15, 0.2) is 5.75 Å². The van der Waals surface area contributed by atoms with Gasteiger partial charge in [-0.05, 0) is 55.0 Å². The largest absolute Gasteiger partial charge is 0.455 e. The van der Waals surface area contributed by atoms with E-state index in [-0.39, 0.29) is 6.04 Å². The van der Waals surface area contributed by atoms with E-state index in [1.165, 1.54) is 0 Å². The first-order valence-electron chi connectivity index (χ1n) is 9.46. The lowest BCUT2D eigenvalue weighted by atomic mass is 10.1. The molecule has 0 saturated carbocycles. The van der Waals surface area contributed by atoms with Crippen LogP contribution in [0.1, 0.15) is 18.5 Å². The van der Waals surface area contributed by atoms with Crippen LogP contribution in [0.4, 0.5) is 5.69 Å². The number of nitrogens with one attached hydrogen (secondary N) is 1. The van der Waals surface area contributed by atoms with E-state index >= 15 is 0 Å². The van der Waals surface area contributed by atoms with E-state index in [0.717, 1.165) is 39.9 Å². The molecule has 4 rings (SSSR count). The number of anilines is 1. The molecule has 0 bridgehead atoms. The second-order valence-electron chi connectivity index (χ2n) is 6.86. The molecule has 146 valence electrons. The third kappa shape index (κ3) is 4.13. The molecule has 4 nitrogen and oxygen atoms in total. The van der Waals surface area contributed by atoms with Crippen LogP contribution in [-0.2, 0) is 11.3 Å². The Kier molecular flexibility index (Phi) is 5.54. The highest BCUT2D eigenvalue weighted by atomic mass is 35.5. The average molecular weight is 405 g/mol. The Hall–Kier alpha value is -3.24. The predicted molar refractivity (Wildman–Crippen MR) is 118 cm³/mol. The summed E-state index contributed by atoms with van der Waals surface area (Å²) in [5.41, 5.74) is 3.06. The topological polar surface area (TPSA) is 43.3 Å². The van der Waals surface area contributed by atoms with Crippen molar-refractivity contribution in [3.05, 3.63) is 89.6 Å². The Bertz CT molecular complexity index is 1140. The van der Waals surface area contributed by atoms with Crippen LogP contribution in [0.2, 0.25) is 5.02 Å². The maximum atomic E-state index is 11.3. The first kappa shape index (κ1) is 19.1. The van der Waals surface area contributed by atoms with Gasteiger partial charge in [0.1, 0.15) is 12.0 Å². The van der Waals surface area contributed by atoms with Gasteiger partial charge in [-0.3, -0.25) is 0 Å². The number of hydrogen-bond acceptors (Lipinski definition) is 3. The number of para-hydroxylation sites is 3. The fraction of sp³-hybridized carbons (Fsp3) is 0.125. The van der Waals surface area contributed by atoms with Crippen LogP contribution in [-0.4, -0.2) is 10.9 Å². The van der Waals surface area contributed by atoms with E-state index in [1.54, 1.807) is 12.1 Å². The molecular weight excluding hydrogens is 384 g/mol. The standard InChI is InChI=1S/C24H21ClN2O2/c1-17(16-28)27-15-18(21-6-2-4-8-23(21)27)14-26-22-7-3-5-9-24(22)29-20-12-10-19(25)11-13-20/h2-13,15-17,26H,14H2,1H3. The van der Waals surface area contributed by atoms with Gasteiger partial charge in [0.25, 0.3) is 0 Å². The quantitative estimate of drug-likeness (QED) is 0.359. The monoisotopic (exact) mass is 404 g/mol. The first-order chi connectivity index (χ1) is 14.2. The summed E-state index contributed by atoms with van der Waals surface area (Å²) in [6, 6.07) is 23.0. The molecule has 0 aliphatic rings. The van der Waals surface area contributed by atoms with Crippen molar-refractivity contribution >= 4 is 34.5 Å². The normalized spacial score (nSPS) is 11.9. The van der Waals surface area contributed by atoms with Gasteiger partial charge in [-0.15, -0.1) is 0 Å². The second-order valence-corrected chi connectivity index (χ2v) is 7.30. The van der Waals surface area contributed by atoms with Crippen LogP contribution in [0.15, 0.2) is 79.0 Å². The molecule has 1 unspecified atom stereocenters. The van der Waals surface area contributed by atoms with E-state index in [2.05, 4.69) is 11.4 Å². The molecule has 29 heavy (non-hydrogen) atoms. The number of benzene rings is 3. The summed E-state index contributed by atoms with van der Waals surface area (Å²) in [7, 11) is 0. The third-order valence-electron chi connectivity index (χ3n) is 4.86. The van der Waals surface area contributed by atoms with Crippen LogP contribution in [0.3, 0.4) is 0 Å². The highest BCUT2D eigenvalue weighted by Crippen LogP contribution is 2.31. The van der Waals surface area contributed by atoms with Crippen molar-refractivity contribution in [1.82, 2.24) is 4.57 Å². The Morgan fingerprint density at radius 1 is 1.03 bits per heavy atom. The minimum atomic E-state index is -0.214. The van der Waals surface area contributed by atoms with Crippen LogP contribution < -0.4 is 10.1 Å². The van der Waals surface area contributed by atoms with Crippen molar-refractivity contribution in [2.45, 2.75) is 19.5 Å². The van der Waals surface area contributed by atoms with Gasteiger partial charge in [-0.2, -0.15) is 0 Å². The number of aldehydes is 1. The minimum absolute atomic E-state index is 0.214. The number of carbonyl (C=O) groups excluding carboxylic acids is 1. The summed E-state index contributed by atoms with van der Waals surface area (Å²) in [4.78, 5) is 11.3. The van der Waals surface area contributed by atoms with Gasteiger partial charge in [-0.1, -0.05) is 41.9 Å². The zero-order valence-electron chi connectivity index (χ0n) is 16.0. The van der Waals surface area contributed by atoms with Crippen molar-refractivity contribution < 1.29 is 9.53 Å². The molecule has 0 aliphatic carbocycles. The molecule has 0 amide bonds. The number of hydrogen-bond donors (Lipinski definition) is 1. The molecule has 0 fully saturated rings. The predicted octanol–water partition coefficient (Wildman–Crippen LogP) is 6.46. The van der Waals surface area contributed by atoms with Crippen LogP contribution in [0.25, 0.3) is 10.9 Å². The van der Waals surface area contributed by atoms with E-state index in [4.69, 9.17) is 16.3 Å². The van der Waals surface area contributed by atoms with Gasteiger partial charge in [-0.25, -0.2) is 0 Å². The maximum Gasteiger partial charge on any atom is 0.150 e. The zero-order valence-corrected chi connectivity index (χ0v) is 16.8. The number of halogens is 1. The number of nitrogens with zero attached hydrogens (tertiary/aromatic N) is 1.